The van der Waals surface area contributed by atoms with Crippen molar-refractivity contribution in [2.24, 2.45) is 0 Å². The molecule has 0 aromatic heterocycles. The second kappa shape index (κ2) is 4.26. The molecule has 2 N–H and O–H groups in total. The van der Waals surface area contributed by atoms with E-state index in [2.05, 4.69) is 4.62 Å². The Kier molecular flexibility index (Phi) is 4.37. The first-order valence-corrected chi connectivity index (χ1v) is 5.68. The zero-order valence-electron chi connectivity index (χ0n) is 8.06. The molecule has 0 aromatic rings. The lowest BCUT2D eigenvalue weighted by Crippen LogP contribution is -2.43. The molecule has 0 aromatic carbocycles. The Bertz CT molecular complexity index is 209. The Morgan fingerprint density at radius 2 is 1.85 bits per heavy atom. The number of hydroxylamine groups is 2. The van der Waals surface area contributed by atoms with Crippen LogP contribution in [0.1, 0.15) is 27.7 Å². The van der Waals surface area contributed by atoms with Gasteiger partial charge in [0.15, 0.2) is 0 Å². The van der Waals surface area contributed by atoms with E-state index in [1.807, 2.05) is 0 Å². The molecule has 0 spiro atoms. The van der Waals surface area contributed by atoms with Crippen molar-refractivity contribution in [1.82, 2.24) is 5.06 Å². The molecule has 0 aliphatic carbocycles. The second-order valence-electron chi connectivity index (χ2n) is 3.40. The van der Waals surface area contributed by atoms with Crippen molar-refractivity contribution in [2.45, 2.75) is 38.7 Å². The fraction of sp³-hybridized carbons (Fsp3) is 1.00. The van der Waals surface area contributed by atoms with Gasteiger partial charge in [-0.05, 0) is 27.7 Å². The molecule has 0 bridgehead atoms. The van der Waals surface area contributed by atoms with E-state index in [9.17, 15) is 4.57 Å². The van der Waals surface area contributed by atoms with Gasteiger partial charge in [0.2, 0.25) is 0 Å². The van der Waals surface area contributed by atoms with E-state index in [4.69, 9.17) is 21.4 Å². The summed E-state index contributed by atoms with van der Waals surface area (Å²) in [7, 11) is -4.53. The van der Waals surface area contributed by atoms with Crippen molar-refractivity contribution in [2.75, 3.05) is 0 Å². The fourth-order valence-corrected chi connectivity index (χ4v) is 1.82. The van der Waals surface area contributed by atoms with E-state index >= 15 is 0 Å². The van der Waals surface area contributed by atoms with Crippen LogP contribution in [-0.4, -0.2) is 25.9 Å². The van der Waals surface area contributed by atoms with E-state index in [-0.39, 0.29) is 6.04 Å². The van der Waals surface area contributed by atoms with Gasteiger partial charge in [0.25, 0.3) is 0 Å². The van der Waals surface area contributed by atoms with Crippen molar-refractivity contribution >= 4 is 19.4 Å². The summed E-state index contributed by atoms with van der Waals surface area (Å²) in [6.07, 6.45) is 0. The van der Waals surface area contributed by atoms with Crippen molar-refractivity contribution < 1.29 is 19.0 Å². The number of hydrogen-bond donors (Lipinski definition) is 2. The Balaban J connectivity index is 4.56. The van der Waals surface area contributed by atoms with Gasteiger partial charge >= 0.3 is 7.82 Å². The van der Waals surface area contributed by atoms with Crippen LogP contribution in [-0.2, 0) is 9.19 Å². The van der Waals surface area contributed by atoms with E-state index in [1.165, 1.54) is 0 Å². The van der Waals surface area contributed by atoms with Crippen molar-refractivity contribution in [3.8, 4) is 0 Å². The van der Waals surface area contributed by atoms with Gasteiger partial charge in [-0.25, -0.2) is 4.57 Å². The van der Waals surface area contributed by atoms with Crippen LogP contribution in [0.2, 0.25) is 0 Å². The first-order chi connectivity index (χ1) is 5.54. The zero-order chi connectivity index (χ0) is 10.9. The van der Waals surface area contributed by atoms with Crippen molar-refractivity contribution in [3.63, 3.8) is 0 Å². The molecule has 0 saturated heterocycles. The van der Waals surface area contributed by atoms with Gasteiger partial charge in [-0.1, -0.05) is 0 Å². The number of hydrogen-bond acceptors (Lipinski definition) is 3. The summed E-state index contributed by atoms with van der Waals surface area (Å²) in [6.45, 7) is 6.62. The SMILES string of the molecule is CC(C)N(OP(=O)(O)O)C(C)(C)Cl. The number of rotatable bonds is 4. The minimum absolute atomic E-state index is 0.222. The fourth-order valence-electron chi connectivity index (χ4n) is 0.920. The van der Waals surface area contributed by atoms with Gasteiger partial charge in [-0.3, -0.25) is 0 Å². The average Bonchev–Trinajstić information content (AvgIpc) is 1.77. The monoisotopic (exact) mass is 231 g/mol. The van der Waals surface area contributed by atoms with Crippen molar-refractivity contribution in [1.29, 1.82) is 0 Å². The van der Waals surface area contributed by atoms with Gasteiger partial charge in [0.1, 0.15) is 5.00 Å². The topological polar surface area (TPSA) is 70.0 Å². The van der Waals surface area contributed by atoms with Crippen LogP contribution in [0.15, 0.2) is 0 Å². The quantitative estimate of drug-likeness (QED) is 0.334. The summed E-state index contributed by atoms with van der Waals surface area (Å²) < 4.78 is 15.0. The van der Waals surface area contributed by atoms with Crippen LogP contribution < -0.4 is 0 Å². The molecular formula is C6H15ClNO4P. The molecule has 0 amide bonds. The summed E-state index contributed by atoms with van der Waals surface area (Å²) in [6, 6.07) is -0.222. The van der Waals surface area contributed by atoms with E-state index in [0.717, 1.165) is 5.06 Å². The Morgan fingerprint density at radius 1 is 1.46 bits per heavy atom. The molecule has 0 aliphatic rings. The van der Waals surface area contributed by atoms with Crippen LogP contribution in [0.5, 0.6) is 0 Å². The molecule has 0 unspecified atom stereocenters. The average molecular weight is 232 g/mol. The molecule has 5 nitrogen and oxygen atoms in total. The van der Waals surface area contributed by atoms with Crippen molar-refractivity contribution in [3.05, 3.63) is 0 Å². The highest BCUT2D eigenvalue weighted by molar-refractivity contribution is 7.46. The number of alkyl halides is 1. The molecular weight excluding hydrogens is 216 g/mol. The number of halogens is 1. The van der Waals surface area contributed by atoms with E-state index in [1.54, 1.807) is 27.7 Å². The first-order valence-electron chi connectivity index (χ1n) is 3.77. The molecule has 13 heavy (non-hydrogen) atoms. The lowest BCUT2D eigenvalue weighted by atomic mass is 10.3. The van der Waals surface area contributed by atoms with E-state index < -0.39 is 12.8 Å². The molecule has 0 saturated carbocycles. The van der Waals surface area contributed by atoms with Gasteiger partial charge in [0.05, 0.1) is 0 Å². The smallest absolute Gasteiger partial charge is 0.302 e. The van der Waals surface area contributed by atoms with Crippen LogP contribution in [0.25, 0.3) is 0 Å². The molecule has 0 fully saturated rings. The maximum Gasteiger partial charge on any atom is 0.486 e. The molecule has 0 aliphatic heterocycles. The van der Waals surface area contributed by atoms with E-state index in [0.29, 0.717) is 0 Å². The summed E-state index contributed by atoms with van der Waals surface area (Å²) in [5, 5.41) is 1.06. The Hall–Kier alpha value is 0.360. The molecule has 7 heteroatoms. The van der Waals surface area contributed by atoms with Gasteiger partial charge in [-0.2, -0.15) is 9.69 Å². The maximum atomic E-state index is 10.6. The van der Waals surface area contributed by atoms with Crippen LogP contribution in [0.3, 0.4) is 0 Å². The van der Waals surface area contributed by atoms with Gasteiger partial charge < -0.3 is 9.79 Å². The third-order valence-electron chi connectivity index (χ3n) is 1.19. The molecule has 0 atom stereocenters. The highest BCUT2D eigenvalue weighted by atomic mass is 35.5. The summed E-state index contributed by atoms with van der Waals surface area (Å²) in [5.74, 6) is 0. The minimum atomic E-state index is -4.53. The normalized spacial score (nSPS) is 14.2. The predicted molar refractivity (Wildman–Crippen MR) is 50.0 cm³/mol. The zero-order valence-corrected chi connectivity index (χ0v) is 9.71. The summed E-state index contributed by atoms with van der Waals surface area (Å²) in [4.78, 5) is 16.2. The lowest BCUT2D eigenvalue weighted by Gasteiger charge is -2.34. The maximum absolute atomic E-state index is 10.6. The largest absolute Gasteiger partial charge is 0.486 e. The van der Waals surface area contributed by atoms with Crippen LogP contribution >= 0.6 is 19.4 Å². The first kappa shape index (κ1) is 13.4. The third-order valence-corrected chi connectivity index (χ3v) is 1.74. The Labute approximate surface area is 82.8 Å². The summed E-state index contributed by atoms with van der Waals surface area (Å²) >= 11 is 5.86. The number of nitrogens with zero attached hydrogens (tertiary/aromatic N) is 1. The second-order valence-corrected chi connectivity index (χ2v) is 5.47. The third kappa shape index (κ3) is 5.62. The standard InChI is InChI=1S/C6H15ClNO4P/c1-5(2)8(6(3,4)7)12-13(9,10)11/h5H,1-4H3,(H2,9,10,11). The minimum Gasteiger partial charge on any atom is -0.302 e. The van der Waals surface area contributed by atoms with Gasteiger partial charge in [0, 0.05) is 6.04 Å². The molecule has 0 heterocycles. The summed E-state index contributed by atoms with van der Waals surface area (Å²) in [5.41, 5.74) is 0. The molecule has 0 radical (unpaired) electrons. The Morgan fingerprint density at radius 3 is 1.92 bits per heavy atom. The van der Waals surface area contributed by atoms with Crippen LogP contribution in [0.4, 0.5) is 0 Å². The number of phosphoric acid groups is 1. The predicted octanol–water partition coefficient (Wildman–Crippen LogP) is 1.70. The lowest BCUT2D eigenvalue weighted by molar-refractivity contribution is -0.143. The van der Waals surface area contributed by atoms with Gasteiger partial charge in [-0.15, -0.1) is 11.6 Å². The highest BCUT2D eigenvalue weighted by Crippen LogP contribution is 2.41. The molecule has 80 valence electrons. The highest BCUT2D eigenvalue weighted by Gasteiger charge is 2.33. The molecule has 0 rings (SSSR count). The van der Waals surface area contributed by atoms with Crippen LogP contribution in [0, 0.1) is 0 Å².